The first kappa shape index (κ1) is 15.3. The van der Waals surface area contributed by atoms with Gasteiger partial charge < -0.3 is 10.0 Å². The molecule has 3 aliphatic heterocycles. The van der Waals surface area contributed by atoms with Crippen LogP contribution in [-0.4, -0.2) is 59.1 Å². The summed E-state index contributed by atoms with van der Waals surface area (Å²) >= 11 is 0. The largest absolute Gasteiger partial charge is 0.481 e. The third-order valence-electron chi connectivity index (χ3n) is 6.10. The lowest BCUT2D eigenvalue weighted by Gasteiger charge is -2.44. The van der Waals surface area contributed by atoms with Crippen LogP contribution in [0.2, 0.25) is 0 Å². The van der Waals surface area contributed by atoms with E-state index >= 15 is 0 Å². The van der Waals surface area contributed by atoms with Crippen molar-refractivity contribution < 1.29 is 9.90 Å². The second-order valence-electron chi connectivity index (χ2n) is 7.48. The van der Waals surface area contributed by atoms with Gasteiger partial charge in [-0.05, 0) is 70.0 Å². The molecule has 3 rings (SSSR count). The van der Waals surface area contributed by atoms with Crippen LogP contribution in [0.25, 0.3) is 0 Å². The van der Waals surface area contributed by atoms with E-state index < -0.39 is 5.97 Å². The molecule has 0 aromatic heterocycles. The van der Waals surface area contributed by atoms with Crippen molar-refractivity contribution in [3.8, 4) is 0 Å². The molecule has 4 heteroatoms. The number of carboxylic acid groups (broad SMARTS) is 1. The molecule has 3 fully saturated rings. The topological polar surface area (TPSA) is 43.8 Å². The standard InChI is InChI=1S/C17H30N2O2/c1-13(10-17(20)21)14-4-2-8-19(12-14)16-6-9-18-7-3-5-15(18)11-16/h13-16H,2-12H2,1H3,(H,20,21). The van der Waals surface area contributed by atoms with Crippen LogP contribution in [0.1, 0.15) is 51.9 Å². The molecule has 0 radical (unpaired) electrons. The van der Waals surface area contributed by atoms with Crippen LogP contribution in [-0.2, 0) is 4.79 Å². The van der Waals surface area contributed by atoms with Crippen LogP contribution in [0.4, 0.5) is 0 Å². The normalized spacial score (nSPS) is 36.3. The number of likely N-dealkylation sites (tertiary alicyclic amines) is 1. The molecule has 0 aliphatic carbocycles. The van der Waals surface area contributed by atoms with Gasteiger partial charge in [-0.3, -0.25) is 9.69 Å². The third-order valence-corrected chi connectivity index (χ3v) is 6.10. The Bertz CT molecular complexity index is 374. The number of carboxylic acids is 1. The van der Waals surface area contributed by atoms with Crippen LogP contribution in [0.3, 0.4) is 0 Å². The lowest BCUT2D eigenvalue weighted by atomic mass is 9.83. The third kappa shape index (κ3) is 3.59. The number of piperidine rings is 2. The van der Waals surface area contributed by atoms with Crippen molar-refractivity contribution in [1.82, 2.24) is 9.80 Å². The fourth-order valence-corrected chi connectivity index (χ4v) is 4.81. The summed E-state index contributed by atoms with van der Waals surface area (Å²) in [6.45, 7) is 7.08. The monoisotopic (exact) mass is 294 g/mol. The van der Waals surface area contributed by atoms with Gasteiger partial charge in [-0.25, -0.2) is 0 Å². The molecular formula is C17H30N2O2. The summed E-state index contributed by atoms with van der Waals surface area (Å²) < 4.78 is 0. The number of carbonyl (C=O) groups is 1. The molecule has 0 aromatic carbocycles. The molecule has 0 amide bonds. The zero-order valence-corrected chi connectivity index (χ0v) is 13.3. The molecule has 4 nitrogen and oxygen atoms in total. The molecule has 3 saturated heterocycles. The number of fused-ring (bicyclic) bond motifs is 1. The van der Waals surface area contributed by atoms with E-state index in [4.69, 9.17) is 5.11 Å². The maximum absolute atomic E-state index is 10.9. The van der Waals surface area contributed by atoms with Crippen LogP contribution in [0.5, 0.6) is 0 Å². The minimum absolute atomic E-state index is 0.317. The maximum atomic E-state index is 10.9. The molecule has 0 spiro atoms. The Morgan fingerprint density at radius 2 is 1.81 bits per heavy atom. The first-order chi connectivity index (χ1) is 10.1. The molecular weight excluding hydrogens is 264 g/mol. The van der Waals surface area contributed by atoms with E-state index in [0.717, 1.165) is 18.6 Å². The summed E-state index contributed by atoms with van der Waals surface area (Å²) in [5.74, 6) is 0.257. The molecule has 21 heavy (non-hydrogen) atoms. The smallest absolute Gasteiger partial charge is 0.303 e. The van der Waals surface area contributed by atoms with Crippen molar-refractivity contribution in [1.29, 1.82) is 0 Å². The van der Waals surface area contributed by atoms with E-state index in [0.29, 0.717) is 18.3 Å². The fourth-order valence-electron chi connectivity index (χ4n) is 4.81. The number of nitrogens with zero attached hydrogens (tertiary/aromatic N) is 2. The predicted octanol–water partition coefficient (Wildman–Crippen LogP) is 2.44. The van der Waals surface area contributed by atoms with E-state index in [9.17, 15) is 4.79 Å². The number of rotatable bonds is 4. The highest BCUT2D eigenvalue weighted by Gasteiger charge is 2.36. The average molecular weight is 294 g/mol. The molecule has 3 aliphatic rings. The second kappa shape index (κ2) is 6.66. The minimum atomic E-state index is -0.640. The maximum Gasteiger partial charge on any atom is 0.303 e. The molecule has 0 saturated carbocycles. The van der Waals surface area contributed by atoms with E-state index in [-0.39, 0.29) is 0 Å². The second-order valence-corrected chi connectivity index (χ2v) is 7.48. The molecule has 120 valence electrons. The van der Waals surface area contributed by atoms with Crippen LogP contribution >= 0.6 is 0 Å². The highest BCUT2D eigenvalue weighted by Crippen LogP contribution is 2.33. The number of hydrogen-bond donors (Lipinski definition) is 1. The van der Waals surface area contributed by atoms with Crippen molar-refractivity contribution in [2.75, 3.05) is 26.2 Å². The Morgan fingerprint density at radius 1 is 1.10 bits per heavy atom. The Kier molecular flexibility index (Phi) is 4.85. The summed E-state index contributed by atoms with van der Waals surface area (Å²) in [5, 5.41) is 9.01. The van der Waals surface area contributed by atoms with Gasteiger partial charge in [-0.15, -0.1) is 0 Å². The van der Waals surface area contributed by atoms with Crippen LogP contribution in [0.15, 0.2) is 0 Å². The Morgan fingerprint density at radius 3 is 2.62 bits per heavy atom. The first-order valence-corrected chi connectivity index (χ1v) is 8.83. The minimum Gasteiger partial charge on any atom is -0.481 e. The highest BCUT2D eigenvalue weighted by molar-refractivity contribution is 5.67. The lowest BCUT2D eigenvalue weighted by molar-refractivity contribution is -0.138. The van der Waals surface area contributed by atoms with Gasteiger partial charge in [0.1, 0.15) is 0 Å². The Labute approximate surface area is 128 Å². The summed E-state index contributed by atoms with van der Waals surface area (Å²) in [5.41, 5.74) is 0. The van der Waals surface area contributed by atoms with Crippen molar-refractivity contribution in [3.05, 3.63) is 0 Å². The number of hydrogen-bond acceptors (Lipinski definition) is 3. The molecule has 1 N–H and O–H groups in total. The summed E-state index contributed by atoms with van der Waals surface area (Å²) in [7, 11) is 0. The molecule has 3 heterocycles. The SMILES string of the molecule is CC(CC(=O)O)C1CCCN(C2CCN3CCCC3C2)C1. The van der Waals surface area contributed by atoms with Gasteiger partial charge in [-0.2, -0.15) is 0 Å². The fraction of sp³-hybridized carbons (Fsp3) is 0.941. The van der Waals surface area contributed by atoms with Gasteiger partial charge in [0.05, 0.1) is 0 Å². The van der Waals surface area contributed by atoms with E-state index in [2.05, 4.69) is 16.7 Å². The highest BCUT2D eigenvalue weighted by atomic mass is 16.4. The van der Waals surface area contributed by atoms with Gasteiger partial charge in [0.2, 0.25) is 0 Å². The van der Waals surface area contributed by atoms with Gasteiger partial charge in [0.25, 0.3) is 0 Å². The van der Waals surface area contributed by atoms with Gasteiger partial charge in [0.15, 0.2) is 0 Å². The van der Waals surface area contributed by atoms with Crippen LogP contribution in [0, 0.1) is 11.8 Å². The molecule has 0 bridgehead atoms. The van der Waals surface area contributed by atoms with Gasteiger partial charge in [0, 0.05) is 25.0 Å². The quantitative estimate of drug-likeness (QED) is 0.865. The van der Waals surface area contributed by atoms with Crippen molar-refractivity contribution in [2.24, 2.45) is 11.8 Å². The Hall–Kier alpha value is -0.610. The van der Waals surface area contributed by atoms with E-state index in [1.54, 1.807) is 0 Å². The molecule has 4 atom stereocenters. The van der Waals surface area contributed by atoms with Crippen molar-refractivity contribution in [3.63, 3.8) is 0 Å². The number of aliphatic carboxylic acids is 1. The van der Waals surface area contributed by atoms with E-state index in [1.165, 1.54) is 58.2 Å². The van der Waals surface area contributed by atoms with Gasteiger partial charge >= 0.3 is 5.97 Å². The zero-order chi connectivity index (χ0) is 14.8. The predicted molar refractivity (Wildman–Crippen MR) is 83.3 cm³/mol. The lowest BCUT2D eigenvalue weighted by Crippen LogP contribution is -2.51. The van der Waals surface area contributed by atoms with Gasteiger partial charge in [-0.1, -0.05) is 6.92 Å². The Balaban J connectivity index is 1.54. The molecule has 4 unspecified atom stereocenters. The van der Waals surface area contributed by atoms with Crippen molar-refractivity contribution >= 4 is 5.97 Å². The molecule has 0 aromatic rings. The first-order valence-electron chi connectivity index (χ1n) is 8.83. The average Bonchev–Trinajstić information content (AvgIpc) is 2.94. The van der Waals surface area contributed by atoms with E-state index in [1.807, 2.05) is 0 Å². The zero-order valence-electron chi connectivity index (χ0n) is 13.3. The van der Waals surface area contributed by atoms with Crippen molar-refractivity contribution in [2.45, 2.75) is 64.0 Å². The van der Waals surface area contributed by atoms with Crippen LogP contribution < -0.4 is 0 Å². The summed E-state index contributed by atoms with van der Waals surface area (Å²) in [6.07, 6.45) is 8.24. The summed E-state index contributed by atoms with van der Waals surface area (Å²) in [6, 6.07) is 1.59. The summed E-state index contributed by atoms with van der Waals surface area (Å²) in [4.78, 5) is 16.3.